The summed E-state index contributed by atoms with van der Waals surface area (Å²) in [6.45, 7) is 0.745. The molecule has 2 heterocycles. The SMILES string of the molecule is COc1ccc([C@@H]2CCCN2C(=O)CCC(=O)c2ccc(Cl)s2)cc1. The Bertz CT molecular complexity index is 756. The standard InChI is InChI=1S/C19H20ClNO3S/c1-24-14-6-4-13(5-7-14)15-3-2-12-21(15)19(23)11-8-16(22)17-9-10-18(20)25-17/h4-7,9-10,15H,2-3,8,11-12H2,1H3/t15-/m0/s1. The number of ketones is 1. The molecule has 1 aromatic heterocycles. The van der Waals surface area contributed by atoms with Gasteiger partial charge in [-0.05, 0) is 42.7 Å². The Kier molecular flexibility index (Phi) is 5.76. The summed E-state index contributed by atoms with van der Waals surface area (Å²) in [7, 11) is 1.64. The minimum Gasteiger partial charge on any atom is -0.497 e. The van der Waals surface area contributed by atoms with Crippen LogP contribution in [0.4, 0.5) is 0 Å². The van der Waals surface area contributed by atoms with Gasteiger partial charge in [-0.25, -0.2) is 0 Å². The van der Waals surface area contributed by atoms with E-state index in [1.54, 1.807) is 19.2 Å². The van der Waals surface area contributed by atoms with Gasteiger partial charge < -0.3 is 9.64 Å². The predicted molar refractivity (Wildman–Crippen MR) is 99.6 cm³/mol. The molecular formula is C19H20ClNO3S. The highest BCUT2D eigenvalue weighted by Crippen LogP contribution is 2.33. The Labute approximate surface area is 156 Å². The van der Waals surface area contributed by atoms with Crippen LogP contribution >= 0.6 is 22.9 Å². The van der Waals surface area contributed by atoms with E-state index in [0.717, 1.165) is 30.7 Å². The van der Waals surface area contributed by atoms with Crippen LogP contribution in [0.3, 0.4) is 0 Å². The van der Waals surface area contributed by atoms with Crippen LogP contribution in [0.5, 0.6) is 5.75 Å². The fraction of sp³-hybridized carbons (Fsp3) is 0.368. The van der Waals surface area contributed by atoms with Crippen molar-refractivity contribution in [2.45, 2.75) is 31.7 Å². The zero-order valence-corrected chi connectivity index (χ0v) is 15.6. The van der Waals surface area contributed by atoms with Crippen LogP contribution in [0.2, 0.25) is 4.34 Å². The second-order valence-corrected chi connectivity index (χ2v) is 7.76. The predicted octanol–water partition coefficient (Wildman–Crippen LogP) is 4.74. The van der Waals surface area contributed by atoms with E-state index in [1.165, 1.54) is 11.3 Å². The molecule has 1 amide bonds. The molecule has 0 aliphatic carbocycles. The number of nitrogens with zero attached hydrogens (tertiary/aromatic N) is 1. The summed E-state index contributed by atoms with van der Waals surface area (Å²) in [6, 6.07) is 11.4. The van der Waals surface area contributed by atoms with Gasteiger partial charge in [-0.1, -0.05) is 23.7 Å². The molecule has 1 saturated heterocycles. The fourth-order valence-corrected chi connectivity index (χ4v) is 4.20. The summed E-state index contributed by atoms with van der Waals surface area (Å²) in [5.74, 6) is 0.819. The smallest absolute Gasteiger partial charge is 0.223 e. The number of hydrogen-bond donors (Lipinski definition) is 0. The van der Waals surface area contributed by atoms with Gasteiger partial charge in [0.15, 0.2) is 5.78 Å². The van der Waals surface area contributed by atoms with Crippen molar-refractivity contribution in [3.63, 3.8) is 0 Å². The van der Waals surface area contributed by atoms with Crippen molar-refractivity contribution in [1.82, 2.24) is 4.90 Å². The van der Waals surface area contributed by atoms with E-state index >= 15 is 0 Å². The van der Waals surface area contributed by atoms with E-state index in [9.17, 15) is 9.59 Å². The monoisotopic (exact) mass is 377 g/mol. The van der Waals surface area contributed by atoms with Gasteiger partial charge in [0.25, 0.3) is 0 Å². The van der Waals surface area contributed by atoms with Gasteiger partial charge in [0, 0.05) is 19.4 Å². The minimum atomic E-state index is -0.0227. The number of ether oxygens (including phenoxy) is 1. The number of halogens is 1. The lowest BCUT2D eigenvalue weighted by Gasteiger charge is -2.25. The van der Waals surface area contributed by atoms with E-state index < -0.39 is 0 Å². The van der Waals surface area contributed by atoms with E-state index in [1.807, 2.05) is 29.2 Å². The van der Waals surface area contributed by atoms with Crippen LogP contribution in [0.15, 0.2) is 36.4 Å². The lowest BCUT2D eigenvalue weighted by molar-refractivity contribution is -0.132. The number of hydrogen-bond acceptors (Lipinski definition) is 4. The average molecular weight is 378 g/mol. The van der Waals surface area contributed by atoms with Gasteiger partial charge in [-0.3, -0.25) is 9.59 Å². The summed E-state index contributed by atoms with van der Waals surface area (Å²) in [5.41, 5.74) is 1.11. The van der Waals surface area contributed by atoms with Crippen LogP contribution in [0, 0.1) is 0 Å². The normalized spacial score (nSPS) is 16.9. The first-order chi connectivity index (χ1) is 12.1. The molecule has 1 aliphatic rings. The molecule has 0 saturated carbocycles. The Morgan fingerprint density at radius 2 is 1.96 bits per heavy atom. The number of carbonyl (C=O) groups excluding carboxylic acids is 2. The van der Waals surface area contributed by atoms with Crippen LogP contribution in [0.1, 0.15) is 47.0 Å². The van der Waals surface area contributed by atoms with Crippen LogP contribution in [-0.2, 0) is 4.79 Å². The van der Waals surface area contributed by atoms with Gasteiger partial charge in [-0.15, -0.1) is 11.3 Å². The number of amides is 1. The van der Waals surface area contributed by atoms with Crippen LogP contribution < -0.4 is 4.74 Å². The third-order valence-corrected chi connectivity index (χ3v) is 5.76. The van der Waals surface area contributed by atoms with E-state index in [-0.39, 0.29) is 30.6 Å². The van der Waals surface area contributed by atoms with Crippen LogP contribution in [0.25, 0.3) is 0 Å². The maximum Gasteiger partial charge on any atom is 0.223 e. The summed E-state index contributed by atoms with van der Waals surface area (Å²) >= 11 is 7.12. The average Bonchev–Trinajstić information content (AvgIpc) is 3.28. The molecule has 6 heteroatoms. The molecule has 25 heavy (non-hydrogen) atoms. The molecule has 4 nitrogen and oxygen atoms in total. The van der Waals surface area contributed by atoms with Crippen LogP contribution in [-0.4, -0.2) is 30.2 Å². The third kappa shape index (κ3) is 4.22. The van der Waals surface area contributed by atoms with Crippen molar-refractivity contribution in [2.24, 2.45) is 0 Å². The molecule has 1 atom stereocenters. The van der Waals surface area contributed by atoms with Crippen molar-refractivity contribution < 1.29 is 14.3 Å². The Morgan fingerprint density at radius 3 is 2.60 bits per heavy atom. The summed E-state index contributed by atoms with van der Waals surface area (Å²) in [6.07, 6.45) is 2.39. The van der Waals surface area contributed by atoms with Gasteiger partial charge in [0.05, 0.1) is 22.4 Å². The van der Waals surface area contributed by atoms with Crippen molar-refractivity contribution in [3.05, 3.63) is 51.2 Å². The zero-order valence-electron chi connectivity index (χ0n) is 14.0. The number of likely N-dealkylation sites (tertiary alicyclic amines) is 1. The molecule has 132 valence electrons. The van der Waals surface area contributed by atoms with Crippen molar-refractivity contribution in [1.29, 1.82) is 0 Å². The first-order valence-corrected chi connectivity index (χ1v) is 9.50. The second-order valence-electron chi connectivity index (χ2n) is 6.05. The molecule has 1 aliphatic heterocycles. The van der Waals surface area contributed by atoms with Gasteiger partial charge >= 0.3 is 0 Å². The Balaban J connectivity index is 1.61. The van der Waals surface area contributed by atoms with Gasteiger partial charge in [0.2, 0.25) is 5.91 Å². The fourth-order valence-electron chi connectivity index (χ4n) is 3.19. The first kappa shape index (κ1) is 18.0. The van der Waals surface area contributed by atoms with E-state index in [0.29, 0.717) is 9.21 Å². The van der Waals surface area contributed by atoms with Gasteiger partial charge in [-0.2, -0.15) is 0 Å². The van der Waals surface area contributed by atoms with E-state index in [2.05, 4.69) is 0 Å². The maximum atomic E-state index is 12.6. The molecular weight excluding hydrogens is 358 g/mol. The minimum absolute atomic E-state index is 0.0227. The molecule has 0 bridgehead atoms. The van der Waals surface area contributed by atoms with Crippen molar-refractivity contribution in [3.8, 4) is 5.75 Å². The lowest BCUT2D eigenvalue weighted by atomic mass is 10.0. The molecule has 0 spiro atoms. The molecule has 1 fully saturated rings. The molecule has 1 aromatic carbocycles. The van der Waals surface area contributed by atoms with Crippen molar-refractivity contribution in [2.75, 3.05) is 13.7 Å². The number of Topliss-reactive ketones (excluding diaryl/α,β-unsaturated/α-hetero) is 1. The lowest BCUT2D eigenvalue weighted by Crippen LogP contribution is -2.30. The highest BCUT2D eigenvalue weighted by atomic mass is 35.5. The molecule has 0 N–H and O–H groups in total. The molecule has 0 unspecified atom stereocenters. The zero-order chi connectivity index (χ0) is 17.8. The Hall–Kier alpha value is -1.85. The van der Waals surface area contributed by atoms with Crippen molar-refractivity contribution >= 4 is 34.6 Å². The first-order valence-electron chi connectivity index (χ1n) is 8.30. The topological polar surface area (TPSA) is 46.6 Å². The number of rotatable bonds is 6. The maximum absolute atomic E-state index is 12.6. The highest BCUT2D eigenvalue weighted by molar-refractivity contribution is 7.18. The summed E-state index contributed by atoms with van der Waals surface area (Å²) < 4.78 is 5.78. The van der Waals surface area contributed by atoms with E-state index in [4.69, 9.17) is 16.3 Å². The number of benzene rings is 1. The molecule has 3 rings (SSSR count). The summed E-state index contributed by atoms with van der Waals surface area (Å²) in [4.78, 5) is 27.3. The molecule has 2 aromatic rings. The highest BCUT2D eigenvalue weighted by Gasteiger charge is 2.30. The van der Waals surface area contributed by atoms with Gasteiger partial charge in [0.1, 0.15) is 5.75 Å². The number of carbonyl (C=O) groups is 2. The summed E-state index contributed by atoms with van der Waals surface area (Å²) in [5, 5.41) is 0. The third-order valence-electron chi connectivity index (χ3n) is 4.49. The number of thiophene rings is 1. The Morgan fingerprint density at radius 1 is 1.20 bits per heavy atom. The molecule has 0 radical (unpaired) electrons. The second kappa shape index (κ2) is 8.02. The quantitative estimate of drug-likeness (QED) is 0.683. The largest absolute Gasteiger partial charge is 0.497 e. The number of methoxy groups -OCH3 is 1.